The number of hydrogen-bond acceptors (Lipinski definition) is 6. The molecule has 0 spiro atoms. The van der Waals surface area contributed by atoms with E-state index in [-0.39, 0.29) is 11.2 Å². The largest absolute Gasteiger partial charge is 0.368 e. The standard InChI is InChI=1S/C7H6ClN5O/c1-3-2-4(13-14-3)5-10-6(8)12-7(9)11-5/h2H,1H3,(H2,9,10,11,12). The molecule has 2 aromatic heterocycles. The van der Waals surface area contributed by atoms with Gasteiger partial charge in [0, 0.05) is 6.07 Å². The smallest absolute Gasteiger partial charge is 0.227 e. The van der Waals surface area contributed by atoms with E-state index >= 15 is 0 Å². The van der Waals surface area contributed by atoms with E-state index in [0.29, 0.717) is 17.3 Å². The molecule has 2 N–H and O–H groups in total. The van der Waals surface area contributed by atoms with Crippen molar-refractivity contribution in [3.05, 3.63) is 17.1 Å². The molecule has 7 heteroatoms. The summed E-state index contributed by atoms with van der Waals surface area (Å²) >= 11 is 5.61. The highest BCUT2D eigenvalue weighted by atomic mass is 35.5. The second kappa shape index (κ2) is 3.22. The SMILES string of the molecule is Cc1cc(-c2nc(N)nc(Cl)n2)no1. The van der Waals surface area contributed by atoms with Gasteiger partial charge in [-0.1, -0.05) is 5.16 Å². The van der Waals surface area contributed by atoms with E-state index in [0.717, 1.165) is 0 Å². The highest BCUT2D eigenvalue weighted by Crippen LogP contribution is 2.16. The Bertz CT molecular complexity index is 449. The molecule has 2 rings (SSSR count). The fraction of sp³-hybridized carbons (Fsp3) is 0.143. The normalized spacial score (nSPS) is 10.4. The molecular formula is C7H6ClN5O. The van der Waals surface area contributed by atoms with Crippen molar-refractivity contribution < 1.29 is 4.52 Å². The predicted molar refractivity (Wildman–Crippen MR) is 49.5 cm³/mol. The molecule has 72 valence electrons. The maximum absolute atomic E-state index is 5.61. The van der Waals surface area contributed by atoms with E-state index in [1.807, 2.05) is 0 Å². The molecule has 2 heterocycles. The number of anilines is 1. The van der Waals surface area contributed by atoms with Gasteiger partial charge in [0.2, 0.25) is 11.2 Å². The van der Waals surface area contributed by atoms with Crippen LogP contribution in [0.2, 0.25) is 5.28 Å². The van der Waals surface area contributed by atoms with E-state index < -0.39 is 0 Å². The first-order valence-corrected chi connectivity index (χ1v) is 4.13. The fourth-order valence-corrected chi connectivity index (χ4v) is 1.12. The number of aryl methyl sites for hydroxylation is 1. The van der Waals surface area contributed by atoms with Crippen LogP contribution in [0.1, 0.15) is 5.76 Å². The van der Waals surface area contributed by atoms with E-state index in [4.69, 9.17) is 21.9 Å². The summed E-state index contributed by atoms with van der Waals surface area (Å²) in [5.74, 6) is 1.02. The number of rotatable bonds is 1. The Morgan fingerprint density at radius 1 is 1.36 bits per heavy atom. The number of nitrogens with zero attached hydrogens (tertiary/aromatic N) is 4. The van der Waals surface area contributed by atoms with E-state index in [1.165, 1.54) is 0 Å². The van der Waals surface area contributed by atoms with Crippen molar-refractivity contribution in [3.63, 3.8) is 0 Å². The quantitative estimate of drug-likeness (QED) is 0.759. The van der Waals surface area contributed by atoms with Crippen molar-refractivity contribution in [2.75, 3.05) is 5.73 Å². The van der Waals surface area contributed by atoms with Crippen LogP contribution in [-0.4, -0.2) is 20.1 Å². The lowest BCUT2D eigenvalue weighted by Gasteiger charge is -1.95. The highest BCUT2D eigenvalue weighted by Gasteiger charge is 2.09. The monoisotopic (exact) mass is 211 g/mol. The second-order valence-corrected chi connectivity index (χ2v) is 2.95. The Morgan fingerprint density at radius 2 is 2.14 bits per heavy atom. The molecular weight excluding hydrogens is 206 g/mol. The molecule has 0 atom stereocenters. The first-order chi connectivity index (χ1) is 6.65. The van der Waals surface area contributed by atoms with Gasteiger partial charge in [-0.05, 0) is 18.5 Å². The molecule has 0 aliphatic heterocycles. The van der Waals surface area contributed by atoms with Crippen molar-refractivity contribution in [1.29, 1.82) is 0 Å². The molecule has 0 fully saturated rings. The maximum atomic E-state index is 5.61. The minimum atomic E-state index is 0.0353. The van der Waals surface area contributed by atoms with Gasteiger partial charge in [-0.15, -0.1) is 0 Å². The zero-order chi connectivity index (χ0) is 10.1. The molecule has 2 aromatic rings. The van der Waals surface area contributed by atoms with Gasteiger partial charge in [0.15, 0.2) is 11.5 Å². The topological polar surface area (TPSA) is 90.7 Å². The third-order valence-corrected chi connectivity index (χ3v) is 1.65. The van der Waals surface area contributed by atoms with Crippen LogP contribution in [-0.2, 0) is 0 Å². The minimum absolute atomic E-state index is 0.0353. The van der Waals surface area contributed by atoms with Gasteiger partial charge in [0.25, 0.3) is 0 Å². The molecule has 0 saturated heterocycles. The predicted octanol–water partition coefficient (Wildman–Crippen LogP) is 1.07. The van der Waals surface area contributed by atoms with Gasteiger partial charge in [0.1, 0.15) is 5.76 Å². The van der Waals surface area contributed by atoms with Crippen LogP contribution in [0.4, 0.5) is 5.95 Å². The molecule has 14 heavy (non-hydrogen) atoms. The molecule has 0 aromatic carbocycles. The van der Waals surface area contributed by atoms with Gasteiger partial charge in [-0.25, -0.2) is 0 Å². The molecule has 0 aliphatic carbocycles. The van der Waals surface area contributed by atoms with Crippen molar-refractivity contribution in [2.45, 2.75) is 6.92 Å². The molecule has 0 aliphatic rings. The van der Waals surface area contributed by atoms with E-state index in [1.54, 1.807) is 13.0 Å². The molecule has 0 bridgehead atoms. The Morgan fingerprint density at radius 3 is 2.71 bits per heavy atom. The molecule has 0 unspecified atom stereocenters. The second-order valence-electron chi connectivity index (χ2n) is 2.61. The number of nitrogens with two attached hydrogens (primary N) is 1. The Hall–Kier alpha value is -1.69. The number of halogens is 1. The first kappa shape index (κ1) is 8.89. The lowest BCUT2D eigenvalue weighted by molar-refractivity contribution is 0.399. The first-order valence-electron chi connectivity index (χ1n) is 3.76. The molecule has 0 saturated carbocycles. The van der Waals surface area contributed by atoms with Crippen LogP contribution >= 0.6 is 11.6 Å². The Labute approximate surface area is 84.1 Å². The lowest BCUT2D eigenvalue weighted by Crippen LogP contribution is -1.99. The summed E-state index contributed by atoms with van der Waals surface area (Å²) in [6.45, 7) is 1.77. The summed E-state index contributed by atoms with van der Waals surface area (Å²) in [6.07, 6.45) is 0. The van der Waals surface area contributed by atoms with Crippen molar-refractivity contribution in [3.8, 4) is 11.5 Å². The Balaban J connectivity index is 2.51. The van der Waals surface area contributed by atoms with E-state index in [9.17, 15) is 0 Å². The summed E-state index contributed by atoms with van der Waals surface area (Å²) in [4.78, 5) is 11.4. The summed E-state index contributed by atoms with van der Waals surface area (Å²) in [5, 5.41) is 3.76. The zero-order valence-corrected chi connectivity index (χ0v) is 7.99. The zero-order valence-electron chi connectivity index (χ0n) is 7.23. The van der Waals surface area contributed by atoms with E-state index in [2.05, 4.69) is 20.1 Å². The summed E-state index contributed by atoms with van der Waals surface area (Å²) < 4.78 is 4.86. The van der Waals surface area contributed by atoms with Crippen LogP contribution in [0.25, 0.3) is 11.5 Å². The summed E-state index contributed by atoms with van der Waals surface area (Å²) in [5.41, 5.74) is 5.88. The molecule has 0 radical (unpaired) electrons. The summed E-state index contributed by atoms with van der Waals surface area (Å²) in [7, 11) is 0. The number of aromatic nitrogens is 4. The average molecular weight is 212 g/mol. The fourth-order valence-electron chi connectivity index (χ4n) is 0.952. The Kier molecular flexibility index (Phi) is 2.05. The van der Waals surface area contributed by atoms with Crippen molar-refractivity contribution in [1.82, 2.24) is 20.1 Å². The summed E-state index contributed by atoms with van der Waals surface area (Å²) in [6, 6.07) is 1.69. The molecule has 6 nitrogen and oxygen atoms in total. The average Bonchev–Trinajstić information content (AvgIpc) is 2.50. The molecule has 0 amide bonds. The van der Waals surface area contributed by atoms with Crippen molar-refractivity contribution >= 4 is 17.5 Å². The number of nitrogen functional groups attached to an aromatic ring is 1. The number of hydrogen-bond donors (Lipinski definition) is 1. The third kappa shape index (κ3) is 1.64. The van der Waals surface area contributed by atoms with Crippen LogP contribution in [0, 0.1) is 6.92 Å². The minimum Gasteiger partial charge on any atom is -0.368 e. The highest BCUT2D eigenvalue weighted by molar-refractivity contribution is 6.28. The van der Waals surface area contributed by atoms with Crippen LogP contribution in [0.5, 0.6) is 0 Å². The van der Waals surface area contributed by atoms with Gasteiger partial charge in [-0.2, -0.15) is 15.0 Å². The van der Waals surface area contributed by atoms with Crippen LogP contribution in [0.15, 0.2) is 10.6 Å². The van der Waals surface area contributed by atoms with Gasteiger partial charge < -0.3 is 10.3 Å². The third-order valence-electron chi connectivity index (χ3n) is 1.48. The van der Waals surface area contributed by atoms with Crippen molar-refractivity contribution in [2.24, 2.45) is 0 Å². The van der Waals surface area contributed by atoms with Gasteiger partial charge in [0.05, 0.1) is 0 Å². The van der Waals surface area contributed by atoms with Crippen LogP contribution < -0.4 is 5.73 Å². The van der Waals surface area contributed by atoms with Crippen LogP contribution in [0.3, 0.4) is 0 Å². The van der Waals surface area contributed by atoms with Gasteiger partial charge in [-0.3, -0.25) is 0 Å². The van der Waals surface area contributed by atoms with Gasteiger partial charge >= 0.3 is 0 Å². The lowest BCUT2D eigenvalue weighted by atomic mass is 10.3. The maximum Gasteiger partial charge on any atom is 0.227 e.